The van der Waals surface area contributed by atoms with Crippen LogP contribution in [0.2, 0.25) is 0 Å². The molecule has 1 aromatic rings. The van der Waals surface area contributed by atoms with Crippen LogP contribution >= 0.6 is 0 Å². The van der Waals surface area contributed by atoms with Gasteiger partial charge in [0, 0.05) is 12.5 Å². The van der Waals surface area contributed by atoms with Crippen LogP contribution in [0.15, 0.2) is 18.2 Å². The lowest BCUT2D eigenvalue weighted by atomic mass is 9.84. The molecule has 0 unspecified atom stereocenters. The van der Waals surface area contributed by atoms with E-state index in [2.05, 4.69) is 0 Å². The van der Waals surface area contributed by atoms with E-state index >= 15 is 0 Å². The number of rotatable bonds is 1. The van der Waals surface area contributed by atoms with Crippen molar-refractivity contribution in [3.63, 3.8) is 0 Å². The van der Waals surface area contributed by atoms with E-state index in [-0.39, 0.29) is 5.56 Å². The highest BCUT2D eigenvalue weighted by molar-refractivity contribution is 5.37. The number of hydrogen-bond acceptors (Lipinski definition) is 0. The molecule has 0 fully saturated rings. The van der Waals surface area contributed by atoms with Crippen molar-refractivity contribution in [2.75, 3.05) is 0 Å². The zero-order valence-electron chi connectivity index (χ0n) is 10.6. The van der Waals surface area contributed by atoms with Crippen LogP contribution in [0.5, 0.6) is 0 Å². The minimum absolute atomic E-state index is 0.244. The molecule has 5 heteroatoms. The van der Waals surface area contributed by atoms with Gasteiger partial charge >= 0.3 is 6.18 Å². The molecule has 0 spiro atoms. The van der Waals surface area contributed by atoms with Gasteiger partial charge in [-0.15, -0.1) is 0 Å². The Balaban J connectivity index is 3.49. The Morgan fingerprint density at radius 1 is 0.667 bits per heavy atom. The van der Waals surface area contributed by atoms with Crippen LogP contribution in [0.3, 0.4) is 0 Å². The van der Waals surface area contributed by atoms with Gasteiger partial charge in [0.05, 0.1) is 5.56 Å². The SMILES string of the molecule is CC(C)(C)c1cc(C(C)(F)F)cc(C(F)(F)F)c1. The zero-order chi connectivity index (χ0) is 14.4. The average Bonchev–Trinajstić information content (AvgIpc) is 2.13. The summed E-state index contributed by atoms with van der Waals surface area (Å²) < 4.78 is 64.5. The second-order valence-electron chi connectivity index (χ2n) is 5.44. The number of alkyl halides is 5. The molecule has 0 bridgehead atoms. The van der Waals surface area contributed by atoms with Gasteiger partial charge in [-0.1, -0.05) is 20.8 Å². The standard InChI is InChI=1S/C13H15F5/c1-11(2,3)8-5-9(12(4,14)15)7-10(6-8)13(16,17)18/h5-7H,1-4H3. The molecular formula is C13H15F5. The molecule has 0 saturated heterocycles. The lowest BCUT2D eigenvalue weighted by Gasteiger charge is -2.23. The first-order valence-electron chi connectivity index (χ1n) is 5.43. The van der Waals surface area contributed by atoms with Crippen LogP contribution in [0.25, 0.3) is 0 Å². The maximum atomic E-state index is 13.2. The first-order valence-corrected chi connectivity index (χ1v) is 5.43. The lowest BCUT2D eigenvalue weighted by molar-refractivity contribution is -0.137. The number of halogens is 5. The van der Waals surface area contributed by atoms with Gasteiger partial charge < -0.3 is 0 Å². The fourth-order valence-corrected chi connectivity index (χ4v) is 1.48. The van der Waals surface area contributed by atoms with Crippen molar-refractivity contribution in [1.82, 2.24) is 0 Å². The maximum Gasteiger partial charge on any atom is 0.416 e. The predicted molar refractivity (Wildman–Crippen MR) is 59.7 cm³/mol. The van der Waals surface area contributed by atoms with E-state index in [4.69, 9.17) is 0 Å². The molecular weight excluding hydrogens is 251 g/mol. The largest absolute Gasteiger partial charge is 0.416 e. The van der Waals surface area contributed by atoms with Gasteiger partial charge in [0.2, 0.25) is 0 Å². The highest BCUT2D eigenvalue weighted by Gasteiger charge is 2.35. The topological polar surface area (TPSA) is 0 Å². The third-order valence-electron chi connectivity index (χ3n) is 2.63. The third-order valence-corrected chi connectivity index (χ3v) is 2.63. The molecule has 0 atom stereocenters. The fourth-order valence-electron chi connectivity index (χ4n) is 1.48. The molecule has 0 amide bonds. The quantitative estimate of drug-likeness (QED) is 0.619. The number of hydrogen-bond donors (Lipinski definition) is 0. The van der Waals surface area contributed by atoms with Gasteiger partial charge in [0.25, 0.3) is 5.92 Å². The zero-order valence-corrected chi connectivity index (χ0v) is 10.6. The van der Waals surface area contributed by atoms with E-state index in [1.165, 1.54) is 0 Å². The Hall–Kier alpha value is -1.13. The molecule has 0 aliphatic carbocycles. The first-order chi connectivity index (χ1) is 7.82. The van der Waals surface area contributed by atoms with Gasteiger partial charge in [0.1, 0.15) is 0 Å². The smallest absolute Gasteiger partial charge is 0.202 e. The summed E-state index contributed by atoms with van der Waals surface area (Å²) in [6, 6.07) is 2.57. The molecule has 0 radical (unpaired) electrons. The molecule has 1 aromatic carbocycles. The average molecular weight is 266 g/mol. The summed E-state index contributed by atoms with van der Waals surface area (Å²) in [4.78, 5) is 0. The second-order valence-corrected chi connectivity index (χ2v) is 5.44. The summed E-state index contributed by atoms with van der Waals surface area (Å²) in [7, 11) is 0. The Kier molecular flexibility index (Phi) is 3.49. The molecule has 0 heterocycles. The minimum Gasteiger partial charge on any atom is -0.202 e. The van der Waals surface area contributed by atoms with Crippen molar-refractivity contribution >= 4 is 0 Å². The Morgan fingerprint density at radius 3 is 1.39 bits per heavy atom. The highest BCUT2D eigenvalue weighted by atomic mass is 19.4. The second kappa shape index (κ2) is 4.21. The molecule has 0 nitrogen and oxygen atoms in total. The van der Waals surface area contributed by atoms with Gasteiger partial charge in [-0.25, -0.2) is 8.78 Å². The van der Waals surface area contributed by atoms with E-state index in [9.17, 15) is 22.0 Å². The van der Waals surface area contributed by atoms with Crippen LogP contribution in [0, 0.1) is 0 Å². The molecule has 18 heavy (non-hydrogen) atoms. The van der Waals surface area contributed by atoms with E-state index in [0.29, 0.717) is 13.0 Å². The van der Waals surface area contributed by atoms with Crippen molar-refractivity contribution in [1.29, 1.82) is 0 Å². The van der Waals surface area contributed by atoms with Gasteiger partial charge in [-0.2, -0.15) is 13.2 Å². The van der Waals surface area contributed by atoms with Crippen LogP contribution in [-0.4, -0.2) is 0 Å². The van der Waals surface area contributed by atoms with Crippen LogP contribution < -0.4 is 0 Å². The normalized spacial score (nSPS) is 13.8. The van der Waals surface area contributed by atoms with Gasteiger partial charge in [0.15, 0.2) is 0 Å². The van der Waals surface area contributed by atoms with Gasteiger partial charge in [-0.3, -0.25) is 0 Å². The van der Waals surface area contributed by atoms with Crippen molar-refractivity contribution in [2.45, 2.75) is 45.2 Å². The van der Waals surface area contributed by atoms with E-state index in [1.807, 2.05) is 0 Å². The van der Waals surface area contributed by atoms with E-state index < -0.39 is 28.6 Å². The summed E-state index contributed by atoms with van der Waals surface area (Å²) in [5.74, 6) is -3.29. The molecule has 0 aromatic heterocycles. The molecule has 0 aliphatic heterocycles. The van der Waals surface area contributed by atoms with Crippen molar-refractivity contribution < 1.29 is 22.0 Å². The van der Waals surface area contributed by atoms with Crippen molar-refractivity contribution in [3.8, 4) is 0 Å². The summed E-state index contributed by atoms with van der Waals surface area (Å²) >= 11 is 0. The number of benzene rings is 1. The highest BCUT2D eigenvalue weighted by Crippen LogP contribution is 2.37. The van der Waals surface area contributed by atoms with E-state index in [1.54, 1.807) is 20.8 Å². The predicted octanol–water partition coefficient (Wildman–Crippen LogP) is 5.11. The summed E-state index contributed by atoms with van der Waals surface area (Å²) in [5.41, 5.74) is -2.02. The lowest BCUT2D eigenvalue weighted by Crippen LogP contribution is -2.18. The Bertz CT molecular complexity index is 353. The van der Waals surface area contributed by atoms with Crippen LogP contribution in [0.4, 0.5) is 22.0 Å². The van der Waals surface area contributed by atoms with Gasteiger partial charge in [-0.05, 0) is 29.2 Å². The van der Waals surface area contributed by atoms with Crippen LogP contribution in [0.1, 0.15) is 44.4 Å². The van der Waals surface area contributed by atoms with Crippen molar-refractivity contribution in [3.05, 3.63) is 34.9 Å². The maximum absolute atomic E-state index is 13.2. The monoisotopic (exact) mass is 266 g/mol. The first kappa shape index (κ1) is 14.9. The summed E-state index contributed by atoms with van der Waals surface area (Å²) in [6.45, 7) is 5.63. The third kappa shape index (κ3) is 3.43. The minimum atomic E-state index is -4.62. The molecule has 0 saturated carbocycles. The molecule has 102 valence electrons. The molecule has 0 N–H and O–H groups in total. The summed E-state index contributed by atoms with van der Waals surface area (Å²) in [5, 5.41) is 0. The molecule has 1 rings (SSSR count). The Morgan fingerprint density at radius 2 is 1.06 bits per heavy atom. The Labute approximate surface area is 103 Å². The van der Waals surface area contributed by atoms with E-state index in [0.717, 1.165) is 12.1 Å². The van der Waals surface area contributed by atoms with Crippen molar-refractivity contribution in [2.24, 2.45) is 0 Å². The summed E-state index contributed by atoms with van der Waals surface area (Å²) in [6.07, 6.45) is -4.62. The fraction of sp³-hybridized carbons (Fsp3) is 0.538. The van der Waals surface area contributed by atoms with Crippen LogP contribution in [-0.2, 0) is 17.5 Å². The molecule has 0 aliphatic rings.